The van der Waals surface area contributed by atoms with Gasteiger partial charge in [-0.25, -0.2) is 4.57 Å². The summed E-state index contributed by atoms with van der Waals surface area (Å²) >= 11 is 3.68. The summed E-state index contributed by atoms with van der Waals surface area (Å²) in [5.74, 6) is 0. The number of thiol groups is 1. The first-order valence-corrected chi connectivity index (χ1v) is 7.05. The molecule has 0 rings (SSSR count). The van der Waals surface area contributed by atoms with Crippen LogP contribution in [0.3, 0.4) is 0 Å². The van der Waals surface area contributed by atoms with E-state index in [-0.39, 0.29) is 13.2 Å². The average Bonchev–Trinajstić information content (AvgIpc) is 2.13. The van der Waals surface area contributed by atoms with Crippen molar-refractivity contribution in [1.29, 1.82) is 0 Å². The quantitative estimate of drug-likeness (QED) is 0.256. The maximum atomic E-state index is 11.4. The molecule has 0 aliphatic carbocycles. The molecule has 0 saturated heterocycles. The van der Waals surface area contributed by atoms with E-state index in [2.05, 4.69) is 12.2 Å². The smallest absolute Gasteiger partial charge is 0.385 e. The van der Waals surface area contributed by atoms with E-state index in [0.717, 1.165) is 0 Å². The molecule has 0 radical (unpaired) electrons. The summed E-state index contributed by atoms with van der Waals surface area (Å²) in [6, 6.07) is -1.28. The number of hydrogen-bond donors (Lipinski definition) is 3. The third kappa shape index (κ3) is 6.98. The predicted octanol–water partition coefficient (Wildman–Crippen LogP) is -2.69. The minimum absolute atomic E-state index is 0.0879. The van der Waals surface area contributed by atoms with Gasteiger partial charge >= 0.3 is 6.80 Å². The molecule has 0 spiro atoms. The molecule has 0 aromatic heterocycles. The Morgan fingerprint density at radius 2 is 2.21 bits per heavy atom. The van der Waals surface area contributed by atoms with Crippen LogP contribution in [-0.2, 0) is 13.6 Å². The lowest BCUT2D eigenvalue weighted by molar-refractivity contribution is 0.122. The summed E-state index contributed by atoms with van der Waals surface area (Å²) in [6.07, 6.45) is 0. The zero-order valence-corrected chi connectivity index (χ0v) is 10.1. The molecule has 0 saturated carbocycles. The Morgan fingerprint density at radius 3 is 2.64 bits per heavy atom. The van der Waals surface area contributed by atoms with Gasteiger partial charge in [-0.1, -0.05) is 12.2 Å². The Balaban J connectivity index is 3.89. The van der Waals surface area contributed by atoms with Crippen molar-refractivity contribution in [1.82, 2.24) is 0 Å². The maximum absolute atomic E-state index is 11.4. The van der Waals surface area contributed by atoms with Crippen molar-refractivity contribution in [3.8, 4) is 0 Å². The highest BCUT2D eigenvalue weighted by atomic mass is 32.7. The minimum atomic E-state index is -3.46. The molecule has 0 fully saturated rings. The molecule has 0 amide bonds. The fourth-order valence-electron chi connectivity index (χ4n) is 0.589. The summed E-state index contributed by atoms with van der Waals surface area (Å²) in [5.41, 5.74) is 0. The monoisotopic (exact) mass is 238 g/mol. The van der Waals surface area contributed by atoms with Crippen LogP contribution in [-0.4, -0.2) is 58.2 Å². The summed E-state index contributed by atoms with van der Waals surface area (Å²) in [5, 5.41) is 17.8. The van der Waals surface area contributed by atoms with Crippen LogP contribution in [0, 0.1) is 0 Å². The van der Waals surface area contributed by atoms with Gasteiger partial charge in [-0.15, -0.1) is 0 Å². The van der Waals surface area contributed by atoms with E-state index in [4.69, 9.17) is 19.3 Å². The van der Waals surface area contributed by atoms with E-state index in [1.807, 2.05) is 0 Å². The van der Waals surface area contributed by atoms with E-state index < -0.39 is 18.8 Å². The molecule has 0 aliphatic rings. The van der Waals surface area contributed by atoms with Crippen LogP contribution in [0.4, 0.5) is 0 Å². The SMILES string of the molecule is BBC(O)COP(=O)(S)OC(B)CO. The molecule has 14 heavy (non-hydrogen) atoms. The second-order valence-corrected chi connectivity index (χ2v) is 5.80. The Labute approximate surface area is 91.3 Å². The van der Waals surface area contributed by atoms with Crippen LogP contribution in [0.5, 0.6) is 0 Å². The Bertz CT molecular complexity index is 207. The van der Waals surface area contributed by atoms with Gasteiger partial charge in [0.25, 0.3) is 0 Å². The van der Waals surface area contributed by atoms with Crippen molar-refractivity contribution in [2.45, 2.75) is 12.0 Å². The van der Waals surface area contributed by atoms with Gasteiger partial charge < -0.3 is 14.7 Å². The highest BCUT2D eigenvalue weighted by molar-refractivity contribution is 8.44. The van der Waals surface area contributed by atoms with Crippen LogP contribution in [0.2, 0.25) is 0 Å². The second kappa shape index (κ2) is 6.98. The van der Waals surface area contributed by atoms with Gasteiger partial charge in [0, 0.05) is 6.00 Å². The van der Waals surface area contributed by atoms with E-state index in [1.165, 1.54) is 0 Å². The number of hydrogen-bond acceptors (Lipinski definition) is 5. The van der Waals surface area contributed by atoms with Crippen molar-refractivity contribution in [3.05, 3.63) is 0 Å². The molecule has 80 valence electrons. The van der Waals surface area contributed by atoms with Crippen molar-refractivity contribution in [2.75, 3.05) is 13.2 Å². The first-order valence-electron chi connectivity index (χ1n) is 4.36. The Morgan fingerprint density at radius 1 is 1.64 bits per heavy atom. The second-order valence-electron chi connectivity index (χ2n) is 2.92. The fraction of sp³-hybridized carbons (Fsp3) is 1.00. The van der Waals surface area contributed by atoms with Crippen LogP contribution in [0.1, 0.15) is 0 Å². The van der Waals surface area contributed by atoms with E-state index in [1.54, 1.807) is 15.6 Å². The zero-order valence-electron chi connectivity index (χ0n) is 8.29. The fourth-order valence-corrected chi connectivity index (χ4v) is 2.21. The number of rotatable bonds is 7. The van der Waals surface area contributed by atoms with Gasteiger partial charge in [-0.2, -0.15) is 0 Å². The number of aliphatic hydroxyl groups excluding tert-OH is 2. The highest BCUT2D eigenvalue weighted by Crippen LogP contribution is 2.53. The van der Waals surface area contributed by atoms with Gasteiger partial charge in [-0.05, 0) is 0 Å². The van der Waals surface area contributed by atoms with Crippen LogP contribution in [0.25, 0.3) is 0 Å². The van der Waals surface area contributed by atoms with Crippen molar-refractivity contribution in [2.24, 2.45) is 0 Å². The summed E-state index contributed by atoms with van der Waals surface area (Å²) < 4.78 is 21.0. The Hall–Kier alpha value is 0.615. The lowest BCUT2D eigenvalue weighted by Crippen LogP contribution is -2.23. The van der Waals surface area contributed by atoms with Gasteiger partial charge in [0.1, 0.15) is 15.0 Å². The Kier molecular flexibility index (Phi) is 7.29. The first kappa shape index (κ1) is 14.6. The summed E-state index contributed by atoms with van der Waals surface area (Å²) in [4.78, 5) is 0. The lowest BCUT2D eigenvalue weighted by atomic mass is 9.52. The molecular formula is C4H14B3O5PS. The third-order valence-corrected chi connectivity index (χ3v) is 3.20. The van der Waals surface area contributed by atoms with Crippen LogP contribution in [0.15, 0.2) is 0 Å². The highest BCUT2D eigenvalue weighted by Gasteiger charge is 2.22. The molecule has 10 heteroatoms. The molecule has 3 unspecified atom stereocenters. The maximum Gasteiger partial charge on any atom is 0.385 e. The minimum Gasteiger partial charge on any atom is -0.400 e. The van der Waals surface area contributed by atoms with E-state index >= 15 is 0 Å². The van der Waals surface area contributed by atoms with Gasteiger partial charge in [0.05, 0.1) is 27.0 Å². The van der Waals surface area contributed by atoms with Crippen molar-refractivity contribution >= 4 is 41.8 Å². The summed E-state index contributed by atoms with van der Waals surface area (Å²) in [7, 11) is 3.82. The van der Waals surface area contributed by atoms with E-state index in [9.17, 15) is 4.57 Å². The van der Waals surface area contributed by atoms with Gasteiger partial charge in [0.2, 0.25) is 0 Å². The van der Waals surface area contributed by atoms with Crippen LogP contribution < -0.4 is 0 Å². The average molecular weight is 238 g/mol. The molecule has 0 heterocycles. The molecule has 2 N–H and O–H groups in total. The molecular weight excluding hydrogens is 224 g/mol. The van der Waals surface area contributed by atoms with E-state index in [0.29, 0.717) is 7.17 Å². The molecule has 3 atom stereocenters. The van der Waals surface area contributed by atoms with Crippen molar-refractivity contribution < 1.29 is 23.8 Å². The largest absolute Gasteiger partial charge is 0.400 e. The topological polar surface area (TPSA) is 76.0 Å². The predicted molar refractivity (Wildman–Crippen MR) is 64.7 cm³/mol. The molecule has 0 aromatic carbocycles. The normalized spacial score (nSPS) is 19.6. The molecule has 0 bridgehead atoms. The number of aliphatic hydroxyl groups is 2. The van der Waals surface area contributed by atoms with Gasteiger partial charge in [0.15, 0.2) is 0 Å². The molecule has 0 aliphatic heterocycles. The standard InChI is InChI=1S/C4H14B3O5PS/c5-3(1-8)12-13(10,14)11-2-4(9)7-6/h3-4,7-9H,1-2,5-6H2,(H,10,14). The first-order chi connectivity index (χ1) is 6.41. The summed E-state index contributed by atoms with van der Waals surface area (Å²) in [6.45, 7) is -3.81. The third-order valence-electron chi connectivity index (χ3n) is 1.47. The van der Waals surface area contributed by atoms with Crippen LogP contribution >= 0.6 is 19.0 Å². The zero-order chi connectivity index (χ0) is 11.2. The lowest BCUT2D eigenvalue weighted by Gasteiger charge is -2.18. The van der Waals surface area contributed by atoms with Gasteiger partial charge in [-0.3, -0.25) is 4.52 Å². The molecule has 5 nitrogen and oxygen atoms in total. The van der Waals surface area contributed by atoms with Crippen molar-refractivity contribution in [3.63, 3.8) is 0 Å². The molecule has 0 aromatic rings.